The topological polar surface area (TPSA) is 6.48 Å². The monoisotopic (exact) mass is 841 g/mol. The Morgan fingerprint density at radius 3 is 0.516 bits per heavy atom. The molecule has 0 heterocycles. The highest BCUT2D eigenvalue weighted by atomic mass is 15.1. The van der Waals surface area contributed by atoms with Crippen LogP contribution in [0, 0.1) is 0 Å². The second-order valence-electron chi connectivity index (χ2n) is 21.4. The number of benzene rings is 7. The van der Waals surface area contributed by atoms with E-state index in [4.69, 9.17) is 0 Å². The molecule has 0 aliphatic heterocycles. The van der Waals surface area contributed by atoms with Gasteiger partial charge < -0.3 is 9.80 Å². The summed E-state index contributed by atoms with van der Waals surface area (Å²) in [6.07, 6.45) is 8.76. The third-order valence-corrected chi connectivity index (χ3v) is 12.1. The number of nitrogens with zero attached hydrogens (tertiary/aromatic N) is 2. The first kappa shape index (κ1) is 45.6. The summed E-state index contributed by atoms with van der Waals surface area (Å²) in [7, 11) is 0. The van der Waals surface area contributed by atoms with Gasteiger partial charge in [0.25, 0.3) is 0 Å². The molecule has 0 aromatic heterocycles. The van der Waals surface area contributed by atoms with Crippen molar-refractivity contribution in [1.29, 1.82) is 0 Å². The molecule has 0 bridgehead atoms. The molecule has 0 atom stereocenters. The Kier molecular flexibility index (Phi) is 13.1. The Labute approximate surface area is 385 Å². The molecular formula is C62H68N2. The molecule has 0 spiro atoms. The minimum Gasteiger partial charge on any atom is -0.311 e. The maximum atomic E-state index is 2.35. The van der Waals surface area contributed by atoms with Gasteiger partial charge in [-0.1, -0.05) is 204 Å². The molecule has 7 aromatic carbocycles. The Hall–Kier alpha value is -6.38. The molecule has 0 radical (unpaired) electrons. The molecule has 64 heavy (non-hydrogen) atoms. The van der Waals surface area contributed by atoms with Crippen LogP contribution in [0.15, 0.2) is 170 Å². The van der Waals surface area contributed by atoms with E-state index in [-0.39, 0.29) is 21.7 Å². The average Bonchev–Trinajstić information content (AvgIpc) is 3.26. The second kappa shape index (κ2) is 18.4. The van der Waals surface area contributed by atoms with Crippen molar-refractivity contribution < 1.29 is 0 Å². The Morgan fingerprint density at radius 1 is 0.219 bits per heavy atom. The number of hydrogen-bond acceptors (Lipinski definition) is 2. The van der Waals surface area contributed by atoms with Crippen molar-refractivity contribution in [3.05, 3.63) is 214 Å². The van der Waals surface area contributed by atoms with Crippen LogP contribution in [0.3, 0.4) is 0 Å². The van der Waals surface area contributed by atoms with E-state index < -0.39 is 0 Å². The van der Waals surface area contributed by atoms with E-state index in [1.54, 1.807) is 0 Å². The lowest BCUT2D eigenvalue weighted by Crippen LogP contribution is -2.14. The quantitative estimate of drug-likeness (QED) is 0.127. The van der Waals surface area contributed by atoms with Crippen LogP contribution in [0.2, 0.25) is 0 Å². The Morgan fingerprint density at radius 2 is 0.359 bits per heavy atom. The molecule has 0 aliphatic carbocycles. The zero-order valence-corrected chi connectivity index (χ0v) is 40.4. The highest BCUT2D eigenvalue weighted by Gasteiger charge is 2.20. The fourth-order valence-electron chi connectivity index (χ4n) is 7.91. The van der Waals surface area contributed by atoms with Crippen molar-refractivity contribution in [2.75, 3.05) is 9.80 Å². The Bertz CT molecular complexity index is 2340. The number of anilines is 6. The van der Waals surface area contributed by atoms with Gasteiger partial charge in [-0.3, -0.25) is 0 Å². The summed E-state index contributed by atoms with van der Waals surface area (Å²) in [5.41, 5.74) is 17.2. The predicted octanol–water partition coefficient (Wildman–Crippen LogP) is 18.2. The van der Waals surface area contributed by atoms with Crippen LogP contribution in [0.4, 0.5) is 34.1 Å². The molecule has 7 aromatic rings. The van der Waals surface area contributed by atoms with Crippen LogP contribution in [0.25, 0.3) is 24.3 Å². The van der Waals surface area contributed by atoms with Crippen molar-refractivity contribution in [2.24, 2.45) is 0 Å². The fourth-order valence-corrected chi connectivity index (χ4v) is 7.91. The minimum absolute atomic E-state index is 0.0980. The van der Waals surface area contributed by atoms with Crippen LogP contribution < -0.4 is 9.80 Å². The van der Waals surface area contributed by atoms with Crippen LogP contribution in [-0.4, -0.2) is 0 Å². The molecule has 0 N–H and O–H groups in total. The molecule has 2 nitrogen and oxygen atoms in total. The summed E-state index contributed by atoms with van der Waals surface area (Å²) in [5.74, 6) is 0. The molecule has 7 rings (SSSR count). The SMILES string of the molecule is CC(C)(C)c1ccc(N(c2ccc(/C=C/c3ccc(/C=C/c4ccc(N(c5ccc(C(C)(C)C)cc5)c5ccc(C(C)(C)C)cc5)cc4)cc3)cc2)c2ccc(C(C)(C)C)cc2)cc1. The van der Waals surface area contributed by atoms with E-state index in [2.05, 4.69) is 287 Å². The summed E-state index contributed by atoms with van der Waals surface area (Å²) >= 11 is 0. The van der Waals surface area contributed by atoms with E-state index in [9.17, 15) is 0 Å². The van der Waals surface area contributed by atoms with Gasteiger partial charge in [0, 0.05) is 34.1 Å². The lowest BCUT2D eigenvalue weighted by atomic mass is 9.86. The van der Waals surface area contributed by atoms with Crippen molar-refractivity contribution in [2.45, 2.75) is 105 Å². The lowest BCUT2D eigenvalue weighted by molar-refractivity contribution is 0.590. The van der Waals surface area contributed by atoms with E-state index in [0.717, 1.165) is 56.4 Å². The van der Waals surface area contributed by atoms with Gasteiger partial charge in [0.2, 0.25) is 0 Å². The van der Waals surface area contributed by atoms with Gasteiger partial charge in [0.1, 0.15) is 0 Å². The van der Waals surface area contributed by atoms with Crippen molar-refractivity contribution in [1.82, 2.24) is 0 Å². The number of rotatable bonds is 10. The van der Waals surface area contributed by atoms with Crippen LogP contribution in [0.5, 0.6) is 0 Å². The molecular weight excluding hydrogens is 773 g/mol. The minimum atomic E-state index is 0.0980. The van der Waals surface area contributed by atoms with Crippen molar-refractivity contribution in [3.63, 3.8) is 0 Å². The van der Waals surface area contributed by atoms with Crippen molar-refractivity contribution in [3.8, 4) is 0 Å². The normalized spacial score (nSPS) is 12.6. The predicted molar refractivity (Wildman–Crippen MR) is 281 cm³/mol. The van der Waals surface area contributed by atoms with E-state index in [1.807, 2.05) is 0 Å². The number of hydrogen-bond donors (Lipinski definition) is 0. The van der Waals surface area contributed by atoms with E-state index in [1.165, 1.54) is 22.3 Å². The fraction of sp³-hybridized carbons (Fsp3) is 0.258. The standard InChI is InChI=1S/C62H68N2/c1-59(2,3)49-25-37-55(38-26-49)63(56-39-27-50(28-40-56)60(4,5)6)53-33-21-47(22-34-53)19-17-45-13-15-46(16-14-45)18-20-48-23-35-54(36-24-48)64(57-41-29-51(30-42-57)61(7,8)9)58-43-31-52(32-44-58)62(10,11)12/h13-44H,1-12H3/b19-17+,20-18+. The zero-order chi connectivity index (χ0) is 45.9. The third kappa shape index (κ3) is 11.2. The van der Waals surface area contributed by atoms with Gasteiger partial charge in [-0.15, -0.1) is 0 Å². The lowest BCUT2D eigenvalue weighted by Gasteiger charge is -2.28. The first-order valence-electron chi connectivity index (χ1n) is 22.9. The van der Waals surface area contributed by atoms with E-state index in [0.29, 0.717) is 0 Å². The summed E-state index contributed by atoms with van der Waals surface area (Å²) < 4.78 is 0. The third-order valence-electron chi connectivity index (χ3n) is 12.1. The van der Waals surface area contributed by atoms with Crippen LogP contribution in [-0.2, 0) is 21.7 Å². The average molecular weight is 841 g/mol. The van der Waals surface area contributed by atoms with Gasteiger partial charge in [0.15, 0.2) is 0 Å². The van der Waals surface area contributed by atoms with Crippen LogP contribution >= 0.6 is 0 Å². The molecule has 0 amide bonds. The van der Waals surface area contributed by atoms with Crippen molar-refractivity contribution >= 4 is 58.4 Å². The van der Waals surface area contributed by atoms with Gasteiger partial charge >= 0.3 is 0 Å². The van der Waals surface area contributed by atoms with E-state index >= 15 is 0 Å². The second-order valence-corrected chi connectivity index (χ2v) is 21.4. The first-order valence-corrected chi connectivity index (χ1v) is 22.9. The zero-order valence-electron chi connectivity index (χ0n) is 40.4. The maximum absolute atomic E-state index is 2.35. The summed E-state index contributed by atoms with van der Waals surface area (Å²) in [6.45, 7) is 27.2. The Balaban J connectivity index is 1.05. The highest BCUT2D eigenvalue weighted by molar-refractivity contribution is 5.80. The smallest absolute Gasteiger partial charge is 0.0462 e. The highest BCUT2D eigenvalue weighted by Crippen LogP contribution is 2.39. The summed E-state index contributed by atoms with van der Waals surface area (Å²) in [5, 5.41) is 0. The van der Waals surface area contributed by atoms with Gasteiger partial charge in [-0.25, -0.2) is 0 Å². The molecule has 0 saturated carbocycles. The molecule has 2 heteroatoms. The molecule has 0 aliphatic rings. The first-order chi connectivity index (χ1) is 30.2. The maximum Gasteiger partial charge on any atom is 0.0462 e. The molecule has 0 fully saturated rings. The molecule has 0 unspecified atom stereocenters. The van der Waals surface area contributed by atoms with Gasteiger partial charge in [-0.2, -0.15) is 0 Å². The van der Waals surface area contributed by atoms with Gasteiger partial charge in [0.05, 0.1) is 0 Å². The van der Waals surface area contributed by atoms with Crippen LogP contribution in [0.1, 0.15) is 128 Å². The summed E-state index contributed by atoms with van der Waals surface area (Å²) in [6, 6.07) is 62.5. The van der Waals surface area contributed by atoms with Gasteiger partial charge in [-0.05, 0) is 139 Å². The molecule has 0 saturated heterocycles. The molecule has 326 valence electrons. The largest absolute Gasteiger partial charge is 0.311 e. The summed E-state index contributed by atoms with van der Waals surface area (Å²) in [4.78, 5) is 4.70.